The summed E-state index contributed by atoms with van der Waals surface area (Å²) in [5.41, 5.74) is 0. The van der Waals surface area contributed by atoms with E-state index >= 15 is 0 Å². The molecule has 0 bridgehead atoms. The maximum atomic E-state index is 6.23. The first kappa shape index (κ1) is 12.9. The molecule has 1 heterocycles. The van der Waals surface area contributed by atoms with Crippen molar-refractivity contribution >= 4 is 11.6 Å². The molecule has 17 heavy (non-hydrogen) atoms. The van der Waals surface area contributed by atoms with Crippen molar-refractivity contribution in [1.82, 2.24) is 14.8 Å². The van der Waals surface area contributed by atoms with Crippen molar-refractivity contribution in [1.29, 1.82) is 0 Å². The lowest BCUT2D eigenvalue weighted by molar-refractivity contribution is 0.323. The van der Waals surface area contributed by atoms with E-state index in [0.29, 0.717) is 23.2 Å². The van der Waals surface area contributed by atoms with Gasteiger partial charge in [0.2, 0.25) is 5.28 Å². The first-order valence-corrected chi connectivity index (χ1v) is 7.09. The van der Waals surface area contributed by atoms with Gasteiger partial charge in [-0.25, -0.2) is 0 Å². The van der Waals surface area contributed by atoms with Crippen LogP contribution >= 0.6 is 11.6 Å². The van der Waals surface area contributed by atoms with Crippen molar-refractivity contribution < 1.29 is 0 Å². The summed E-state index contributed by atoms with van der Waals surface area (Å²) in [6, 6.07) is 0.484. The Bertz CT molecular complexity index is 373. The zero-order chi connectivity index (χ0) is 12.4. The molecule has 1 aromatic rings. The largest absolute Gasteiger partial charge is 0.298 e. The minimum atomic E-state index is 0.380. The first-order chi connectivity index (χ1) is 8.11. The van der Waals surface area contributed by atoms with E-state index in [1.54, 1.807) is 0 Å². The van der Waals surface area contributed by atoms with Gasteiger partial charge in [0, 0.05) is 12.0 Å². The van der Waals surface area contributed by atoms with Gasteiger partial charge in [-0.1, -0.05) is 40.0 Å². The molecule has 0 radical (unpaired) electrons. The van der Waals surface area contributed by atoms with Gasteiger partial charge < -0.3 is 0 Å². The van der Waals surface area contributed by atoms with Crippen LogP contribution in [-0.4, -0.2) is 14.8 Å². The molecule has 0 saturated heterocycles. The molecule has 2 unspecified atom stereocenters. The van der Waals surface area contributed by atoms with Crippen molar-refractivity contribution in [2.75, 3.05) is 0 Å². The summed E-state index contributed by atoms with van der Waals surface area (Å²) >= 11 is 6.23. The van der Waals surface area contributed by atoms with Crippen LogP contribution in [0.3, 0.4) is 0 Å². The van der Waals surface area contributed by atoms with Gasteiger partial charge in [-0.15, -0.1) is 10.2 Å². The lowest BCUT2D eigenvalue weighted by atomic mass is 9.96. The maximum absolute atomic E-state index is 6.23. The Morgan fingerprint density at radius 2 is 1.88 bits per heavy atom. The second-order valence-electron chi connectivity index (χ2n) is 5.53. The SMILES string of the molecule is CC(C)c1nnc(Cl)n1C1CCCCCC1C. The molecular formula is C13H22ClN3. The predicted octanol–water partition coefficient (Wildman–Crippen LogP) is 4.20. The Balaban J connectivity index is 2.33. The molecule has 0 aliphatic heterocycles. The topological polar surface area (TPSA) is 30.7 Å². The minimum Gasteiger partial charge on any atom is -0.298 e. The monoisotopic (exact) mass is 255 g/mol. The molecule has 1 fully saturated rings. The molecule has 2 rings (SSSR count). The molecule has 1 saturated carbocycles. The average molecular weight is 256 g/mol. The lowest BCUT2D eigenvalue weighted by Crippen LogP contribution is -2.19. The Hall–Kier alpha value is -0.570. The highest BCUT2D eigenvalue weighted by atomic mass is 35.5. The van der Waals surface area contributed by atoms with E-state index in [-0.39, 0.29) is 0 Å². The Labute approximate surface area is 109 Å². The van der Waals surface area contributed by atoms with Crippen LogP contribution < -0.4 is 0 Å². The summed E-state index contributed by atoms with van der Waals surface area (Å²) in [6.07, 6.45) is 6.47. The van der Waals surface area contributed by atoms with Gasteiger partial charge in [0.25, 0.3) is 0 Å². The summed E-state index contributed by atoms with van der Waals surface area (Å²) in [7, 11) is 0. The van der Waals surface area contributed by atoms with E-state index in [0.717, 1.165) is 5.82 Å². The van der Waals surface area contributed by atoms with E-state index < -0.39 is 0 Å². The highest BCUT2D eigenvalue weighted by molar-refractivity contribution is 6.28. The summed E-state index contributed by atoms with van der Waals surface area (Å²) in [5, 5.41) is 8.86. The Kier molecular flexibility index (Phi) is 4.08. The summed E-state index contributed by atoms with van der Waals surface area (Å²) in [4.78, 5) is 0. The van der Waals surface area contributed by atoms with Crippen LogP contribution in [0.2, 0.25) is 5.28 Å². The summed E-state index contributed by atoms with van der Waals surface area (Å²) in [6.45, 7) is 6.63. The third-order valence-electron chi connectivity index (χ3n) is 3.84. The van der Waals surface area contributed by atoms with Crippen molar-refractivity contribution in [3.8, 4) is 0 Å². The van der Waals surface area contributed by atoms with E-state index in [2.05, 4.69) is 35.5 Å². The number of rotatable bonds is 2. The third kappa shape index (κ3) is 2.65. The molecule has 96 valence electrons. The van der Waals surface area contributed by atoms with Gasteiger partial charge in [-0.05, 0) is 30.4 Å². The van der Waals surface area contributed by atoms with E-state index in [1.807, 2.05) is 0 Å². The van der Waals surface area contributed by atoms with Crippen LogP contribution in [0.15, 0.2) is 0 Å². The molecule has 4 heteroatoms. The van der Waals surface area contributed by atoms with Crippen molar-refractivity contribution in [2.45, 2.75) is 64.8 Å². The molecule has 1 aromatic heterocycles. The molecule has 0 spiro atoms. The van der Waals surface area contributed by atoms with E-state index in [9.17, 15) is 0 Å². The maximum Gasteiger partial charge on any atom is 0.225 e. The summed E-state index contributed by atoms with van der Waals surface area (Å²) in [5.74, 6) is 2.09. The van der Waals surface area contributed by atoms with Crippen LogP contribution in [0.4, 0.5) is 0 Å². The van der Waals surface area contributed by atoms with Crippen LogP contribution in [-0.2, 0) is 0 Å². The smallest absolute Gasteiger partial charge is 0.225 e. The van der Waals surface area contributed by atoms with Crippen LogP contribution in [0, 0.1) is 5.92 Å². The number of hydrogen-bond acceptors (Lipinski definition) is 2. The number of hydrogen-bond donors (Lipinski definition) is 0. The molecule has 1 aliphatic rings. The highest BCUT2D eigenvalue weighted by Crippen LogP contribution is 2.35. The molecule has 0 N–H and O–H groups in total. The lowest BCUT2D eigenvalue weighted by Gasteiger charge is -2.25. The number of aromatic nitrogens is 3. The van der Waals surface area contributed by atoms with Gasteiger partial charge in [0.05, 0.1) is 0 Å². The van der Waals surface area contributed by atoms with E-state index in [4.69, 9.17) is 11.6 Å². The molecule has 0 aromatic carbocycles. The van der Waals surface area contributed by atoms with E-state index in [1.165, 1.54) is 32.1 Å². The fourth-order valence-electron chi connectivity index (χ4n) is 2.84. The van der Waals surface area contributed by atoms with Crippen LogP contribution in [0.1, 0.15) is 70.7 Å². The van der Waals surface area contributed by atoms with Crippen molar-refractivity contribution in [2.24, 2.45) is 5.92 Å². The zero-order valence-corrected chi connectivity index (χ0v) is 11.7. The average Bonchev–Trinajstić information content (AvgIpc) is 2.52. The predicted molar refractivity (Wildman–Crippen MR) is 70.4 cm³/mol. The Morgan fingerprint density at radius 3 is 2.59 bits per heavy atom. The quantitative estimate of drug-likeness (QED) is 0.742. The van der Waals surface area contributed by atoms with Gasteiger partial charge in [-0.3, -0.25) is 4.57 Å². The van der Waals surface area contributed by atoms with Gasteiger partial charge in [0.15, 0.2) is 0 Å². The number of halogens is 1. The molecule has 0 amide bonds. The van der Waals surface area contributed by atoms with Crippen molar-refractivity contribution in [3.05, 3.63) is 11.1 Å². The van der Waals surface area contributed by atoms with Crippen LogP contribution in [0.5, 0.6) is 0 Å². The highest BCUT2D eigenvalue weighted by Gasteiger charge is 2.27. The number of nitrogens with zero attached hydrogens (tertiary/aromatic N) is 3. The minimum absolute atomic E-state index is 0.380. The fourth-order valence-corrected chi connectivity index (χ4v) is 3.09. The third-order valence-corrected chi connectivity index (χ3v) is 4.10. The van der Waals surface area contributed by atoms with Gasteiger partial charge in [-0.2, -0.15) is 0 Å². The standard InChI is InChI=1S/C13H22ClN3/c1-9(2)12-15-16-13(14)17(12)11-8-6-4-5-7-10(11)3/h9-11H,4-8H2,1-3H3. The fraction of sp³-hybridized carbons (Fsp3) is 0.846. The zero-order valence-electron chi connectivity index (χ0n) is 11.0. The second-order valence-corrected chi connectivity index (χ2v) is 5.87. The molecular weight excluding hydrogens is 234 g/mol. The Morgan fingerprint density at radius 1 is 1.18 bits per heavy atom. The van der Waals surface area contributed by atoms with Gasteiger partial charge >= 0.3 is 0 Å². The molecule has 1 aliphatic carbocycles. The molecule has 2 atom stereocenters. The summed E-state index contributed by atoms with van der Waals surface area (Å²) < 4.78 is 2.18. The normalized spacial score (nSPS) is 26.2. The molecule has 3 nitrogen and oxygen atoms in total. The first-order valence-electron chi connectivity index (χ1n) is 6.71. The second kappa shape index (κ2) is 5.38. The van der Waals surface area contributed by atoms with Crippen LogP contribution in [0.25, 0.3) is 0 Å². The van der Waals surface area contributed by atoms with Crippen molar-refractivity contribution in [3.63, 3.8) is 0 Å². The van der Waals surface area contributed by atoms with Gasteiger partial charge in [0.1, 0.15) is 5.82 Å².